The lowest BCUT2D eigenvalue weighted by Crippen LogP contribution is -1.70. The number of rotatable bonds is 2. The zero-order valence-corrected chi connectivity index (χ0v) is 10.2. The van der Waals surface area contributed by atoms with Crippen LogP contribution in [0.15, 0.2) is 43.5 Å². The van der Waals surface area contributed by atoms with Crippen LogP contribution in [-0.2, 0) is 0 Å². The summed E-state index contributed by atoms with van der Waals surface area (Å²) in [6, 6.07) is 7.08. The lowest BCUT2D eigenvalue weighted by Gasteiger charge is -1.96. The average Bonchev–Trinajstić information content (AvgIpc) is 2.56. The number of aromatic hydroxyl groups is 1. The van der Waals surface area contributed by atoms with E-state index >= 15 is 0 Å². The Balaban J connectivity index is 2.15. The zero-order valence-electron chi connectivity index (χ0n) is 6.98. The van der Waals surface area contributed by atoms with Crippen LogP contribution in [0.4, 0.5) is 0 Å². The first-order valence-corrected chi connectivity index (χ1v) is 6.25. The molecule has 1 aromatic carbocycles. The lowest BCUT2D eigenvalue weighted by atomic mass is 10.3. The van der Waals surface area contributed by atoms with Crippen molar-refractivity contribution < 1.29 is 5.11 Å². The molecule has 0 fully saturated rings. The third kappa shape index (κ3) is 2.50. The van der Waals surface area contributed by atoms with Gasteiger partial charge in [0.1, 0.15) is 5.75 Å². The molecule has 2 nitrogen and oxygen atoms in total. The van der Waals surface area contributed by atoms with E-state index in [0.717, 1.165) is 13.0 Å². The fraction of sp³-hybridized carbons (Fsp3) is 0. The van der Waals surface area contributed by atoms with Gasteiger partial charge in [-0.25, -0.2) is 4.98 Å². The molecule has 0 bridgehead atoms. The molecular formula is C9H6BrNOS2. The van der Waals surface area contributed by atoms with Crippen molar-refractivity contribution in [1.29, 1.82) is 0 Å². The van der Waals surface area contributed by atoms with E-state index in [1.54, 1.807) is 41.4 Å². The Bertz CT molecular complexity index is 427. The number of aromatic nitrogens is 1. The largest absolute Gasteiger partial charge is 0.508 e. The van der Waals surface area contributed by atoms with Gasteiger partial charge in [-0.15, -0.1) is 11.3 Å². The minimum absolute atomic E-state index is 0.287. The molecular weight excluding hydrogens is 282 g/mol. The van der Waals surface area contributed by atoms with Gasteiger partial charge in [0.25, 0.3) is 0 Å². The zero-order chi connectivity index (χ0) is 9.97. The summed E-state index contributed by atoms with van der Waals surface area (Å²) in [6.45, 7) is 0. The van der Waals surface area contributed by atoms with Crippen LogP contribution in [0.5, 0.6) is 5.75 Å². The molecule has 1 N–H and O–H groups in total. The average molecular weight is 288 g/mol. The predicted molar refractivity (Wildman–Crippen MR) is 62.0 cm³/mol. The summed E-state index contributed by atoms with van der Waals surface area (Å²) in [4.78, 5) is 5.28. The maximum absolute atomic E-state index is 9.10. The first-order valence-electron chi connectivity index (χ1n) is 3.82. The minimum Gasteiger partial charge on any atom is -0.508 e. The van der Waals surface area contributed by atoms with Crippen molar-refractivity contribution in [3.63, 3.8) is 0 Å². The first kappa shape index (κ1) is 10.0. The number of phenolic OH excluding ortho intramolecular Hbond substituents is 1. The van der Waals surface area contributed by atoms with E-state index in [1.807, 2.05) is 12.1 Å². The molecule has 0 aliphatic heterocycles. The Morgan fingerprint density at radius 2 is 2.00 bits per heavy atom. The van der Waals surface area contributed by atoms with Crippen molar-refractivity contribution in [3.05, 3.63) is 34.2 Å². The van der Waals surface area contributed by atoms with E-state index in [2.05, 4.69) is 20.9 Å². The van der Waals surface area contributed by atoms with Crippen LogP contribution in [-0.4, -0.2) is 10.1 Å². The van der Waals surface area contributed by atoms with E-state index in [4.69, 9.17) is 5.11 Å². The number of phenols is 1. The predicted octanol–water partition coefficient (Wildman–Crippen LogP) is 3.76. The summed E-state index contributed by atoms with van der Waals surface area (Å²) >= 11 is 6.54. The Morgan fingerprint density at radius 3 is 2.57 bits per heavy atom. The van der Waals surface area contributed by atoms with Gasteiger partial charge in [-0.2, -0.15) is 0 Å². The van der Waals surface area contributed by atoms with E-state index < -0.39 is 0 Å². The van der Waals surface area contributed by atoms with Gasteiger partial charge >= 0.3 is 0 Å². The molecule has 0 saturated carbocycles. The van der Waals surface area contributed by atoms with E-state index in [1.165, 1.54) is 0 Å². The number of halogens is 1. The maximum Gasteiger partial charge on any atom is 0.155 e. The summed E-state index contributed by atoms with van der Waals surface area (Å²) in [5, 5.41) is 9.10. The van der Waals surface area contributed by atoms with Gasteiger partial charge in [-0.05, 0) is 40.2 Å². The molecule has 2 rings (SSSR count). The summed E-state index contributed by atoms with van der Waals surface area (Å²) in [5.74, 6) is 0.287. The van der Waals surface area contributed by atoms with Crippen molar-refractivity contribution in [1.82, 2.24) is 4.98 Å². The quantitative estimate of drug-likeness (QED) is 0.913. The normalized spacial score (nSPS) is 10.4. The van der Waals surface area contributed by atoms with E-state index in [0.29, 0.717) is 0 Å². The molecule has 5 heteroatoms. The Morgan fingerprint density at radius 1 is 1.29 bits per heavy atom. The lowest BCUT2D eigenvalue weighted by molar-refractivity contribution is 0.475. The van der Waals surface area contributed by atoms with Crippen LogP contribution in [0.2, 0.25) is 0 Å². The van der Waals surface area contributed by atoms with Crippen molar-refractivity contribution in [2.45, 2.75) is 9.24 Å². The molecule has 0 amide bonds. The highest BCUT2D eigenvalue weighted by molar-refractivity contribution is 9.11. The van der Waals surface area contributed by atoms with Crippen LogP contribution >= 0.6 is 39.0 Å². The van der Waals surface area contributed by atoms with E-state index in [9.17, 15) is 0 Å². The number of hydrogen-bond acceptors (Lipinski definition) is 4. The Hall–Kier alpha value is -0.520. The van der Waals surface area contributed by atoms with Crippen LogP contribution in [0.1, 0.15) is 0 Å². The van der Waals surface area contributed by atoms with Crippen molar-refractivity contribution >= 4 is 39.0 Å². The summed E-state index contributed by atoms with van der Waals surface area (Å²) < 4.78 is 2.02. The minimum atomic E-state index is 0.287. The summed E-state index contributed by atoms with van der Waals surface area (Å²) in [5.41, 5.74) is 0. The Labute approximate surface area is 98.1 Å². The SMILES string of the molecule is Oc1ccc(Sc2ncc(Br)s2)cc1. The van der Waals surface area contributed by atoms with Crippen LogP contribution < -0.4 is 0 Å². The number of hydrogen-bond donors (Lipinski definition) is 1. The molecule has 0 aliphatic carbocycles. The van der Waals surface area contributed by atoms with Crippen molar-refractivity contribution in [2.75, 3.05) is 0 Å². The molecule has 0 spiro atoms. The molecule has 0 saturated heterocycles. The first-order chi connectivity index (χ1) is 6.74. The fourth-order valence-electron chi connectivity index (χ4n) is 0.902. The Kier molecular flexibility index (Phi) is 3.10. The highest BCUT2D eigenvalue weighted by atomic mass is 79.9. The maximum atomic E-state index is 9.10. The van der Waals surface area contributed by atoms with Crippen LogP contribution in [0.25, 0.3) is 0 Å². The standard InChI is InChI=1S/C9H6BrNOS2/c10-8-5-11-9(14-8)13-7-3-1-6(12)2-4-7/h1-5,12H. The van der Waals surface area contributed by atoms with Crippen LogP contribution in [0, 0.1) is 0 Å². The van der Waals surface area contributed by atoms with Gasteiger partial charge < -0.3 is 5.11 Å². The van der Waals surface area contributed by atoms with Gasteiger partial charge in [-0.1, -0.05) is 11.8 Å². The molecule has 14 heavy (non-hydrogen) atoms. The fourth-order valence-corrected chi connectivity index (χ4v) is 3.47. The summed E-state index contributed by atoms with van der Waals surface area (Å²) in [7, 11) is 0. The summed E-state index contributed by atoms with van der Waals surface area (Å²) in [6.07, 6.45) is 1.79. The third-order valence-corrected chi connectivity index (χ3v) is 4.06. The smallest absolute Gasteiger partial charge is 0.155 e. The molecule has 0 radical (unpaired) electrons. The monoisotopic (exact) mass is 287 g/mol. The number of benzene rings is 1. The van der Waals surface area contributed by atoms with Gasteiger partial charge in [-0.3, -0.25) is 0 Å². The van der Waals surface area contributed by atoms with Gasteiger partial charge in [0.05, 0.1) is 9.98 Å². The molecule has 72 valence electrons. The van der Waals surface area contributed by atoms with Crippen molar-refractivity contribution in [3.8, 4) is 5.75 Å². The van der Waals surface area contributed by atoms with E-state index in [-0.39, 0.29) is 5.75 Å². The van der Waals surface area contributed by atoms with Crippen molar-refractivity contribution in [2.24, 2.45) is 0 Å². The second-order valence-electron chi connectivity index (χ2n) is 2.53. The second kappa shape index (κ2) is 4.33. The number of thiazole rings is 1. The highest BCUT2D eigenvalue weighted by Crippen LogP contribution is 2.33. The molecule has 0 unspecified atom stereocenters. The van der Waals surface area contributed by atoms with Gasteiger partial charge in [0.15, 0.2) is 4.34 Å². The molecule has 1 aromatic heterocycles. The number of nitrogens with zero attached hydrogens (tertiary/aromatic N) is 1. The van der Waals surface area contributed by atoms with Gasteiger partial charge in [0, 0.05) is 4.90 Å². The highest BCUT2D eigenvalue weighted by Gasteiger charge is 2.01. The van der Waals surface area contributed by atoms with Crippen LogP contribution in [0.3, 0.4) is 0 Å². The van der Waals surface area contributed by atoms with Gasteiger partial charge in [0.2, 0.25) is 0 Å². The second-order valence-corrected chi connectivity index (χ2v) is 6.26. The molecule has 0 aliphatic rings. The molecule has 2 aromatic rings. The molecule has 1 heterocycles. The molecule has 0 atom stereocenters. The topological polar surface area (TPSA) is 33.1 Å². The third-order valence-electron chi connectivity index (χ3n) is 1.50.